The van der Waals surface area contributed by atoms with Crippen LogP contribution in [0.2, 0.25) is 0 Å². The van der Waals surface area contributed by atoms with Gasteiger partial charge in [-0.25, -0.2) is 9.97 Å². The van der Waals surface area contributed by atoms with Crippen molar-refractivity contribution in [2.75, 3.05) is 0 Å². The number of carbonyl (C=O) groups is 1. The van der Waals surface area contributed by atoms with Crippen molar-refractivity contribution in [3.8, 4) is 11.3 Å². The van der Waals surface area contributed by atoms with Crippen LogP contribution < -0.4 is 0 Å². The molecule has 0 spiro atoms. The fourth-order valence-corrected chi connectivity index (χ4v) is 2.02. The Balaban J connectivity index is 2.15. The summed E-state index contributed by atoms with van der Waals surface area (Å²) in [7, 11) is 0. The molecule has 0 aliphatic carbocycles. The normalized spacial score (nSPS) is 11.8. The number of halogens is 3. The number of hydrogen-bond donors (Lipinski definition) is 0. The monoisotopic (exact) mass is 291 g/mol. The van der Waals surface area contributed by atoms with E-state index in [1.807, 2.05) is 0 Å². The van der Waals surface area contributed by atoms with Crippen LogP contribution >= 0.6 is 0 Å². The standard InChI is InChI=1S/C14H8F3N3O/c15-14(16,17)10-3-1-9(2-4-10)12-13-18-5-6-20(13)7-11(8-21)19-12/h1-8H. The molecule has 0 bridgehead atoms. The second-order valence-electron chi connectivity index (χ2n) is 4.37. The predicted octanol–water partition coefficient (Wildman–Crippen LogP) is 3.23. The molecule has 0 unspecified atom stereocenters. The average Bonchev–Trinajstić information content (AvgIpc) is 2.93. The molecule has 0 aliphatic heterocycles. The lowest BCUT2D eigenvalue weighted by Gasteiger charge is -2.08. The molecular weight excluding hydrogens is 283 g/mol. The molecule has 7 heteroatoms. The second kappa shape index (κ2) is 4.69. The molecule has 3 rings (SSSR count). The lowest BCUT2D eigenvalue weighted by atomic mass is 10.1. The molecule has 2 heterocycles. The van der Waals surface area contributed by atoms with E-state index in [1.54, 1.807) is 10.6 Å². The van der Waals surface area contributed by atoms with E-state index in [0.29, 0.717) is 23.2 Å². The summed E-state index contributed by atoms with van der Waals surface area (Å²) in [5.74, 6) is 0. The van der Waals surface area contributed by atoms with Gasteiger partial charge >= 0.3 is 6.18 Å². The predicted molar refractivity (Wildman–Crippen MR) is 68.8 cm³/mol. The topological polar surface area (TPSA) is 47.3 Å². The van der Waals surface area contributed by atoms with Crippen molar-refractivity contribution < 1.29 is 18.0 Å². The highest BCUT2D eigenvalue weighted by Gasteiger charge is 2.30. The van der Waals surface area contributed by atoms with Crippen LogP contribution in [0.4, 0.5) is 13.2 Å². The number of benzene rings is 1. The van der Waals surface area contributed by atoms with E-state index in [0.717, 1.165) is 12.1 Å². The number of carbonyl (C=O) groups excluding carboxylic acids is 1. The van der Waals surface area contributed by atoms with Gasteiger partial charge in [0, 0.05) is 24.2 Å². The number of nitrogens with zero attached hydrogens (tertiary/aromatic N) is 3. The minimum absolute atomic E-state index is 0.176. The lowest BCUT2D eigenvalue weighted by molar-refractivity contribution is -0.137. The number of hydrogen-bond acceptors (Lipinski definition) is 3. The largest absolute Gasteiger partial charge is 0.416 e. The highest BCUT2D eigenvalue weighted by Crippen LogP contribution is 2.31. The van der Waals surface area contributed by atoms with Crippen molar-refractivity contribution in [2.45, 2.75) is 6.18 Å². The van der Waals surface area contributed by atoms with Gasteiger partial charge in [0.2, 0.25) is 0 Å². The average molecular weight is 291 g/mol. The van der Waals surface area contributed by atoms with Gasteiger partial charge in [0.1, 0.15) is 11.4 Å². The second-order valence-corrected chi connectivity index (χ2v) is 4.37. The summed E-state index contributed by atoms with van der Waals surface area (Å²) < 4.78 is 39.3. The van der Waals surface area contributed by atoms with Crippen LogP contribution in [-0.2, 0) is 6.18 Å². The van der Waals surface area contributed by atoms with Crippen LogP contribution in [0.15, 0.2) is 42.9 Å². The third-order valence-electron chi connectivity index (χ3n) is 3.00. The summed E-state index contributed by atoms with van der Waals surface area (Å²) in [5, 5.41) is 0. The number of aldehydes is 1. The van der Waals surface area contributed by atoms with E-state index >= 15 is 0 Å². The van der Waals surface area contributed by atoms with Crippen LogP contribution in [-0.4, -0.2) is 20.7 Å². The SMILES string of the molecule is O=Cc1cn2ccnc2c(-c2ccc(C(F)(F)F)cc2)n1. The van der Waals surface area contributed by atoms with E-state index in [2.05, 4.69) is 9.97 Å². The first kappa shape index (κ1) is 13.3. The Hall–Kier alpha value is -2.70. The summed E-state index contributed by atoms with van der Waals surface area (Å²) in [6, 6.07) is 4.58. The van der Waals surface area contributed by atoms with Crippen LogP contribution in [0.5, 0.6) is 0 Å². The third kappa shape index (κ3) is 2.37. The van der Waals surface area contributed by atoms with Gasteiger partial charge in [-0.2, -0.15) is 13.2 Å². The molecule has 0 aliphatic rings. The van der Waals surface area contributed by atoms with E-state index in [9.17, 15) is 18.0 Å². The Morgan fingerprint density at radius 3 is 2.48 bits per heavy atom. The molecule has 0 atom stereocenters. The smallest absolute Gasteiger partial charge is 0.303 e. The van der Waals surface area contributed by atoms with E-state index in [1.165, 1.54) is 24.5 Å². The first-order chi connectivity index (χ1) is 9.99. The summed E-state index contributed by atoms with van der Waals surface area (Å²) >= 11 is 0. The molecule has 0 N–H and O–H groups in total. The number of imidazole rings is 1. The third-order valence-corrected chi connectivity index (χ3v) is 3.00. The summed E-state index contributed by atoms with van der Waals surface area (Å²) in [6.07, 6.45) is 0.853. The molecule has 106 valence electrons. The zero-order valence-corrected chi connectivity index (χ0v) is 10.5. The first-order valence-electron chi connectivity index (χ1n) is 5.95. The molecule has 0 radical (unpaired) electrons. The van der Waals surface area contributed by atoms with Crippen molar-refractivity contribution in [1.29, 1.82) is 0 Å². The van der Waals surface area contributed by atoms with E-state index in [4.69, 9.17) is 0 Å². The maximum atomic E-state index is 12.6. The van der Waals surface area contributed by atoms with Gasteiger partial charge in [0.05, 0.1) is 5.56 Å². The van der Waals surface area contributed by atoms with Crippen molar-refractivity contribution in [3.05, 3.63) is 54.1 Å². The van der Waals surface area contributed by atoms with Crippen molar-refractivity contribution >= 4 is 11.9 Å². The van der Waals surface area contributed by atoms with Gasteiger partial charge in [0.15, 0.2) is 11.9 Å². The van der Waals surface area contributed by atoms with Gasteiger partial charge in [-0.15, -0.1) is 0 Å². The molecule has 0 amide bonds. The Kier molecular flexibility index (Phi) is 2.97. The van der Waals surface area contributed by atoms with E-state index in [-0.39, 0.29) is 5.69 Å². The van der Waals surface area contributed by atoms with Crippen LogP contribution in [0, 0.1) is 0 Å². The molecule has 0 fully saturated rings. The molecule has 0 saturated heterocycles. The van der Waals surface area contributed by atoms with Crippen LogP contribution in [0.3, 0.4) is 0 Å². The molecule has 3 aromatic rings. The fraction of sp³-hybridized carbons (Fsp3) is 0.0714. The Morgan fingerprint density at radius 2 is 1.86 bits per heavy atom. The molecule has 21 heavy (non-hydrogen) atoms. The molecule has 1 aromatic carbocycles. The van der Waals surface area contributed by atoms with Gasteiger partial charge in [-0.1, -0.05) is 12.1 Å². The fourth-order valence-electron chi connectivity index (χ4n) is 2.02. The molecular formula is C14H8F3N3O. The zero-order chi connectivity index (χ0) is 15.0. The highest BCUT2D eigenvalue weighted by atomic mass is 19.4. The number of aromatic nitrogens is 3. The Bertz CT molecular complexity index is 806. The van der Waals surface area contributed by atoms with Gasteiger partial charge in [-0.05, 0) is 12.1 Å². The minimum Gasteiger partial charge on any atom is -0.303 e. The quantitative estimate of drug-likeness (QED) is 0.681. The highest BCUT2D eigenvalue weighted by molar-refractivity contribution is 5.79. The Labute approximate surface area is 116 Å². The van der Waals surface area contributed by atoms with Crippen LogP contribution in [0.1, 0.15) is 16.1 Å². The molecule has 4 nitrogen and oxygen atoms in total. The van der Waals surface area contributed by atoms with E-state index < -0.39 is 11.7 Å². The van der Waals surface area contributed by atoms with Crippen molar-refractivity contribution in [3.63, 3.8) is 0 Å². The first-order valence-corrected chi connectivity index (χ1v) is 5.95. The number of fused-ring (bicyclic) bond motifs is 1. The summed E-state index contributed by atoms with van der Waals surface area (Å²) in [4.78, 5) is 19.1. The van der Waals surface area contributed by atoms with Gasteiger partial charge < -0.3 is 4.40 Å². The lowest BCUT2D eigenvalue weighted by Crippen LogP contribution is -2.04. The summed E-state index contributed by atoms with van der Waals surface area (Å²) in [6.45, 7) is 0. The van der Waals surface area contributed by atoms with Gasteiger partial charge in [-0.3, -0.25) is 4.79 Å². The molecule has 0 saturated carbocycles. The van der Waals surface area contributed by atoms with Crippen molar-refractivity contribution in [1.82, 2.24) is 14.4 Å². The maximum absolute atomic E-state index is 12.6. The van der Waals surface area contributed by atoms with Gasteiger partial charge in [0.25, 0.3) is 0 Å². The maximum Gasteiger partial charge on any atom is 0.416 e. The molecule has 2 aromatic heterocycles. The zero-order valence-electron chi connectivity index (χ0n) is 10.5. The number of rotatable bonds is 2. The summed E-state index contributed by atoms with van der Waals surface area (Å²) in [5.41, 5.74) is 0.731. The van der Waals surface area contributed by atoms with Crippen molar-refractivity contribution in [2.24, 2.45) is 0 Å². The van der Waals surface area contributed by atoms with Crippen LogP contribution in [0.25, 0.3) is 16.9 Å². The number of alkyl halides is 3. The minimum atomic E-state index is -4.39. The Morgan fingerprint density at radius 1 is 1.14 bits per heavy atom.